The lowest BCUT2D eigenvalue weighted by Crippen LogP contribution is -3.00. The van der Waals surface area contributed by atoms with Gasteiger partial charge in [-0.05, 0) is 56.3 Å². The molecular weight excluding hydrogens is 372 g/mol. The molecule has 1 heterocycles. The number of nitrogens with two attached hydrogens (primary N) is 1. The first-order chi connectivity index (χ1) is 13.4. The summed E-state index contributed by atoms with van der Waals surface area (Å²) in [6, 6.07) is 0.190. The van der Waals surface area contributed by atoms with E-state index in [9.17, 15) is 13.2 Å². The van der Waals surface area contributed by atoms with Crippen LogP contribution in [0.1, 0.15) is 77.0 Å². The highest BCUT2D eigenvalue weighted by Crippen LogP contribution is 2.54. The van der Waals surface area contributed by atoms with E-state index >= 15 is 0 Å². The topological polar surface area (TPSA) is 71.1 Å². The average Bonchev–Trinajstić information content (AvgIpc) is 2.99. The first kappa shape index (κ1) is 19.3. The van der Waals surface area contributed by atoms with Gasteiger partial charge in [0, 0.05) is 31.3 Å². The molecular formula is C22H37N2O3S+. The van der Waals surface area contributed by atoms with Gasteiger partial charge < -0.3 is 10.2 Å². The van der Waals surface area contributed by atoms with E-state index in [1.54, 1.807) is 0 Å². The number of nitrogens with zero attached hydrogens (tertiary/aromatic N) is 1. The van der Waals surface area contributed by atoms with Crippen molar-refractivity contribution in [2.24, 2.45) is 17.8 Å². The summed E-state index contributed by atoms with van der Waals surface area (Å²) < 4.78 is 24.2. The van der Waals surface area contributed by atoms with Crippen molar-refractivity contribution in [1.82, 2.24) is 4.90 Å². The van der Waals surface area contributed by atoms with E-state index in [4.69, 9.17) is 0 Å². The fourth-order valence-electron chi connectivity index (χ4n) is 7.90. The first-order valence-corrected chi connectivity index (χ1v) is 13.6. The molecule has 5 nitrogen and oxygen atoms in total. The van der Waals surface area contributed by atoms with Crippen LogP contribution in [0.2, 0.25) is 0 Å². The molecule has 0 aromatic heterocycles. The third kappa shape index (κ3) is 3.76. The summed E-state index contributed by atoms with van der Waals surface area (Å²) in [6.07, 6.45) is 14.5. The Morgan fingerprint density at radius 1 is 0.893 bits per heavy atom. The lowest BCUT2D eigenvalue weighted by molar-refractivity contribution is -0.730. The predicted molar refractivity (Wildman–Crippen MR) is 108 cm³/mol. The Morgan fingerprint density at radius 3 is 2.04 bits per heavy atom. The zero-order chi connectivity index (χ0) is 19.4. The van der Waals surface area contributed by atoms with Gasteiger partial charge in [0.15, 0.2) is 16.4 Å². The number of hydrogen-bond acceptors (Lipinski definition) is 3. The Hall–Kier alpha value is -0.620. The zero-order valence-electron chi connectivity index (χ0n) is 17.2. The van der Waals surface area contributed by atoms with Crippen LogP contribution in [0.4, 0.5) is 0 Å². The molecule has 2 N–H and O–H groups in total. The van der Waals surface area contributed by atoms with Crippen LogP contribution in [0.5, 0.6) is 0 Å². The van der Waals surface area contributed by atoms with Crippen LogP contribution in [0, 0.1) is 17.8 Å². The maximum absolute atomic E-state index is 13.4. The zero-order valence-corrected chi connectivity index (χ0v) is 18.0. The van der Waals surface area contributed by atoms with E-state index in [0.717, 1.165) is 30.6 Å². The second-order valence-corrected chi connectivity index (χ2v) is 13.1. The monoisotopic (exact) mass is 409 g/mol. The number of quaternary nitrogens is 1. The van der Waals surface area contributed by atoms with Crippen molar-refractivity contribution in [3.63, 3.8) is 0 Å². The van der Waals surface area contributed by atoms with Crippen molar-refractivity contribution in [1.29, 1.82) is 0 Å². The van der Waals surface area contributed by atoms with Crippen molar-refractivity contribution < 1.29 is 18.5 Å². The van der Waals surface area contributed by atoms with E-state index in [1.807, 2.05) is 0 Å². The van der Waals surface area contributed by atoms with Crippen molar-refractivity contribution in [2.75, 3.05) is 18.1 Å². The number of sulfone groups is 1. The molecule has 0 aromatic rings. The van der Waals surface area contributed by atoms with E-state index in [2.05, 4.69) is 10.2 Å². The van der Waals surface area contributed by atoms with Gasteiger partial charge in [-0.2, -0.15) is 0 Å². The molecule has 1 amide bonds. The SMILES string of the molecule is O=C(C[NH2+]C12CC3CC(CC(C3)C1)C2)N(C1CCCCC1)[C@@H]1CCS(=O)(=O)C1. The molecule has 0 unspecified atom stereocenters. The highest BCUT2D eigenvalue weighted by atomic mass is 32.2. The molecule has 158 valence electrons. The lowest BCUT2D eigenvalue weighted by Gasteiger charge is -2.54. The van der Waals surface area contributed by atoms with Crippen molar-refractivity contribution in [3.05, 3.63) is 0 Å². The maximum Gasteiger partial charge on any atom is 0.278 e. The second kappa shape index (κ2) is 7.26. The molecule has 6 rings (SSSR count). The lowest BCUT2D eigenvalue weighted by atomic mass is 9.53. The van der Waals surface area contributed by atoms with Gasteiger partial charge in [-0.15, -0.1) is 0 Å². The predicted octanol–water partition coefficient (Wildman–Crippen LogP) is 1.87. The summed E-state index contributed by atoms with van der Waals surface area (Å²) in [5.41, 5.74) is 0.310. The number of amides is 1. The smallest absolute Gasteiger partial charge is 0.278 e. The molecule has 28 heavy (non-hydrogen) atoms. The van der Waals surface area contributed by atoms with Crippen molar-refractivity contribution >= 4 is 15.7 Å². The van der Waals surface area contributed by atoms with E-state index in [-0.39, 0.29) is 29.5 Å². The Balaban J connectivity index is 1.28. The van der Waals surface area contributed by atoms with Gasteiger partial charge in [-0.3, -0.25) is 4.79 Å². The van der Waals surface area contributed by atoms with E-state index in [1.165, 1.54) is 57.8 Å². The average molecular weight is 410 g/mol. The minimum absolute atomic E-state index is 0.0784. The Morgan fingerprint density at radius 2 is 1.50 bits per heavy atom. The van der Waals surface area contributed by atoms with Gasteiger partial charge in [0.1, 0.15) is 0 Å². The fraction of sp³-hybridized carbons (Fsp3) is 0.955. The maximum atomic E-state index is 13.4. The summed E-state index contributed by atoms with van der Waals surface area (Å²) in [5, 5.41) is 2.40. The number of rotatable bonds is 5. The Bertz CT molecular complexity index is 678. The summed E-state index contributed by atoms with van der Waals surface area (Å²) in [5.74, 6) is 3.34. The van der Waals surface area contributed by atoms with E-state index < -0.39 is 9.84 Å². The van der Waals surface area contributed by atoms with E-state index in [0.29, 0.717) is 18.5 Å². The van der Waals surface area contributed by atoms with Crippen LogP contribution in [0.15, 0.2) is 0 Å². The minimum Gasteiger partial charge on any atom is -0.334 e. The molecule has 0 radical (unpaired) electrons. The molecule has 1 atom stereocenters. The number of carbonyl (C=O) groups excluding carboxylic acids is 1. The van der Waals surface area contributed by atoms with Gasteiger partial charge in [0.25, 0.3) is 5.91 Å². The van der Waals surface area contributed by atoms with Crippen LogP contribution in [-0.4, -0.2) is 54.9 Å². The summed E-state index contributed by atoms with van der Waals surface area (Å²) in [4.78, 5) is 15.5. The highest BCUT2D eigenvalue weighted by molar-refractivity contribution is 7.91. The molecule has 1 saturated heterocycles. The Labute approximate surface area is 169 Å². The van der Waals surface area contributed by atoms with Gasteiger partial charge in [0.05, 0.1) is 17.0 Å². The van der Waals surface area contributed by atoms with Crippen LogP contribution < -0.4 is 5.32 Å². The van der Waals surface area contributed by atoms with Gasteiger partial charge in [0.2, 0.25) is 0 Å². The summed E-state index contributed by atoms with van der Waals surface area (Å²) in [7, 11) is -2.97. The highest BCUT2D eigenvalue weighted by Gasteiger charge is 2.53. The van der Waals surface area contributed by atoms with Crippen LogP contribution in [0.25, 0.3) is 0 Å². The summed E-state index contributed by atoms with van der Waals surface area (Å²) >= 11 is 0. The van der Waals surface area contributed by atoms with Crippen LogP contribution in [0.3, 0.4) is 0 Å². The van der Waals surface area contributed by atoms with Gasteiger partial charge in [-0.1, -0.05) is 19.3 Å². The molecule has 0 spiro atoms. The van der Waals surface area contributed by atoms with Crippen molar-refractivity contribution in [3.8, 4) is 0 Å². The molecule has 6 heteroatoms. The normalized spacial score (nSPS) is 42.0. The molecule has 5 saturated carbocycles. The quantitative estimate of drug-likeness (QED) is 0.753. The summed E-state index contributed by atoms with van der Waals surface area (Å²) in [6.45, 7) is 0.527. The largest absolute Gasteiger partial charge is 0.334 e. The molecule has 4 bridgehead atoms. The van der Waals surface area contributed by atoms with Gasteiger partial charge in [-0.25, -0.2) is 8.42 Å². The van der Waals surface area contributed by atoms with Crippen molar-refractivity contribution in [2.45, 2.75) is 94.7 Å². The molecule has 6 fully saturated rings. The number of hydrogen-bond donors (Lipinski definition) is 1. The van der Waals surface area contributed by atoms with Crippen LogP contribution >= 0.6 is 0 Å². The molecule has 1 aliphatic heterocycles. The molecule has 5 aliphatic carbocycles. The first-order valence-electron chi connectivity index (χ1n) is 11.8. The Kier molecular flexibility index (Phi) is 5.02. The fourth-order valence-corrected chi connectivity index (χ4v) is 9.61. The number of carbonyl (C=O) groups is 1. The molecule has 0 aromatic carbocycles. The standard InChI is InChI=1S/C22H36N2O3S/c25-21(14-23-22-11-16-8-17(12-22)10-18(9-16)13-22)24(19-4-2-1-3-5-19)20-6-7-28(26,27)15-20/h16-20,23H,1-15H2/p+1/t16?,17?,18?,20-,22?/m1/s1. The molecule has 6 aliphatic rings. The van der Waals surface area contributed by atoms with Crippen LogP contribution in [-0.2, 0) is 14.6 Å². The second-order valence-electron chi connectivity index (χ2n) is 10.8. The van der Waals surface area contributed by atoms with Gasteiger partial charge >= 0.3 is 0 Å². The third-order valence-electron chi connectivity index (χ3n) is 8.65. The minimum atomic E-state index is -2.97. The third-order valence-corrected chi connectivity index (χ3v) is 10.4.